The number of nitrogens with one attached hydrogen (secondary N) is 1. The molecule has 4 aromatic rings. The summed E-state index contributed by atoms with van der Waals surface area (Å²) in [5, 5.41) is 5.20. The maximum absolute atomic E-state index is 13.1. The Hall–Kier alpha value is -2.58. The van der Waals surface area contributed by atoms with E-state index in [1.165, 1.54) is 28.0 Å². The SMILES string of the molecule is Cc1cc2c(=O)n(-c3c(C)nn(Cc4ccc(F)cc4)c3C)c(=S)[nH]c2s1. The maximum Gasteiger partial charge on any atom is 0.267 e. The van der Waals surface area contributed by atoms with Crippen molar-refractivity contribution >= 4 is 33.8 Å². The van der Waals surface area contributed by atoms with Crippen molar-refractivity contribution < 1.29 is 4.39 Å². The first-order chi connectivity index (χ1) is 12.8. The predicted octanol–water partition coefficient (Wildman–Crippen LogP) is 4.42. The van der Waals surface area contributed by atoms with Gasteiger partial charge in [-0.15, -0.1) is 11.3 Å². The lowest BCUT2D eigenvalue weighted by molar-refractivity contribution is 0.622. The molecular weight excluding hydrogens is 383 g/mol. The van der Waals surface area contributed by atoms with E-state index in [0.29, 0.717) is 28.1 Å². The first kappa shape index (κ1) is 17.8. The van der Waals surface area contributed by atoms with Gasteiger partial charge in [0.25, 0.3) is 5.56 Å². The minimum Gasteiger partial charge on any atom is -0.323 e. The third-order valence-corrected chi connectivity index (χ3v) is 5.78. The summed E-state index contributed by atoms with van der Waals surface area (Å²) in [7, 11) is 0. The van der Waals surface area contributed by atoms with Crippen LogP contribution in [0.3, 0.4) is 0 Å². The average molecular weight is 401 g/mol. The first-order valence-corrected chi connectivity index (χ1v) is 9.62. The molecule has 0 fully saturated rings. The summed E-state index contributed by atoms with van der Waals surface area (Å²) in [4.78, 5) is 18.1. The minimum absolute atomic E-state index is 0.148. The fourth-order valence-electron chi connectivity index (χ4n) is 3.26. The molecule has 0 aliphatic heterocycles. The van der Waals surface area contributed by atoms with E-state index in [4.69, 9.17) is 12.2 Å². The molecule has 0 saturated heterocycles. The zero-order valence-electron chi connectivity index (χ0n) is 15.0. The number of nitrogens with zero attached hydrogens (tertiary/aromatic N) is 3. The zero-order chi connectivity index (χ0) is 19.3. The minimum atomic E-state index is -0.273. The monoisotopic (exact) mass is 400 g/mol. The number of halogens is 1. The number of hydrogen-bond donors (Lipinski definition) is 1. The summed E-state index contributed by atoms with van der Waals surface area (Å²) in [6.07, 6.45) is 0. The van der Waals surface area contributed by atoms with Gasteiger partial charge in [0.2, 0.25) is 0 Å². The largest absolute Gasteiger partial charge is 0.323 e. The topological polar surface area (TPSA) is 55.6 Å². The lowest BCUT2D eigenvalue weighted by Gasteiger charge is -2.08. The molecule has 0 bridgehead atoms. The second-order valence-electron chi connectivity index (χ2n) is 6.47. The summed E-state index contributed by atoms with van der Waals surface area (Å²) in [6.45, 7) is 6.21. The second-order valence-corrected chi connectivity index (χ2v) is 8.12. The molecule has 0 amide bonds. The van der Waals surface area contributed by atoms with Crippen molar-refractivity contribution in [2.75, 3.05) is 0 Å². The Morgan fingerprint density at radius 3 is 2.63 bits per heavy atom. The van der Waals surface area contributed by atoms with E-state index in [9.17, 15) is 9.18 Å². The van der Waals surface area contributed by atoms with E-state index < -0.39 is 0 Å². The van der Waals surface area contributed by atoms with E-state index in [1.54, 1.807) is 12.1 Å². The highest BCUT2D eigenvalue weighted by Gasteiger charge is 2.18. The van der Waals surface area contributed by atoms with Crippen molar-refractivity contribution in [2.45, 2.75) is 27.3 Å². The Bertz CT molecular complexity index is 1280. The van der Waals surface area contributed by atoms with Gasteiger partial charge in [0.05, 0.1) is 29.0 Å². The van der Waals surface area contributed by atoms with Gasteiger partial charge in [-0.25, -0.2) is 8.96 Å². The van der Waals surface area contributed by atoms with Crippen molar-refractivity contribution in [1.29, 1.82) is 0 Å². The third kappa shape index (κ3) is 3.04. The van der Waals surface area contributed by atoms with Gasteiger partial charge in [0, 0.05) is 4.88 Å². The van der Waals surface area contributed by atoms with Gasteiger partial charge in [0.1, 0.15) is 10.6 Å². The molecule has 27 heavy (non-hydrogen) atoms. The molecule has 3 aromatic heterocycles. The number of fused-ring (bicyclic) bond motifs is 1. The summed E-state index contributed by atoms with van der Waals surface area (Å²) >= 11 is 6.98. The van der Waals surface area contributed by atoms with Crippen molar-refractivity contribution in [3.63, 3.8) is 0 Å². The Labute approximate surface area is 163 Å². The van der Waals surface area contributed by atoms with Crippen LogP contribution in [0.1, 0.15) is 21.8 Å². The molecule has 0 aliphatic rings. The Kier molecular flexibility index (Phi) is 4.32. The molecule has 138 valence electrons. The fraction of sp³-hybridized carbons (Fsp3) is 0.211. The smallest absolute Gasteiger partial charge is 0.267 e. The van der Waals surface area contributed by atoms with Gasteiger partial charge in [-0.1, -0.05) is 12.1 Å². The zero-order valence-corrected chi connectivity index (χ0v) is 16.7. The molecule has 0 unspecified atom stereocenters. The number of aromatic nitrogens is 4. The molecule has 5 nitrogen and oxygen atoms in total. The molecule has 0 saturated carbocycles. The fourth-order valence-corrected chi connectivity index (χ4v) is 4.51. The quantitative estimate of drug-likeness (QED) is 0.518. The van der Waals surface area contributed by atoms with Gasteiger partial charge >= 0.3 is 0 Å². The number of thiophene rings is 1. The average Bonchev–Trinajstić information content (AvgIpc) is 3.11. The summed E-state index contributed by atoms with van der Waals surface area (Å²) in [6, 6.07) is 8.18. The number of aryl methyl sites for hydroxylation is 2. The molecule has 0 radical (unpaired) electrons. The molecule has 1 aromatic carbocycles. The van der Waals surface area contributed by atoms with Crippen LogP contribution >= 0.6 is 23.6 Å². The normalized spacial score (nSPS) is 11.4. The summed E-state index contributed by atoms with van der Waals surface area (Å²) < 4.78 is 16.8. The number of H-pyrrole nitrogens is 1. The molecule has 0 aliphatic carbocycles. The molecule has 8 heteroatoms. The van der Waals surface area contributed by atoms with Crippen LogP contribution in [0.25, 0.3) is 15.9 Å². The molecular formula is C19H17FN4OS2. The van der Waals surface area contributed by atoms with Gasteiger partial charge in [-0.05, 0) is 56.8 Å². The maximum atomic E-state index is 13.1. The van der Waals surface area contributed by atoms with Crippen LogP contribution in [0.15, 0.2) is 35.1 Å². The Morgan fingerprint density at radius 2 is 1.93 bits per heavy atom. The van der Waals surface area contributed by atoms with Gasteiger partial charge in [-0.2, -0.15) is 5.10 Å². The first-order valence-electron chi connectivity index (χ1n) is 8.39. The van der Waals surface area contributed by atoms with Gasteiger partial charge < -0.3 is 4.98 Å². The van der Waals surface area contributed by atoms with E-state index in [-0.39, 0.29) is 11.4 Å². The lowest BCUT2D eigenvalue weighted by Crippen LogP contribution is -2.21. The van der Waals surface area contributed by atoms with Crippen molar-refractivity contribution in [2.24, 2.45) is 0 Å². The highest BCUT2D eigenvalue weighted by atomic mass is 32.1. The highest BCUT2D eigenvalue weighted by molar-refractivity contribution is 7.71. The summed E-state index contributed by atoms with van der Waals surface area (Å²) in [5.74, 6) is -0.273. The van der Waals surface area contributed by atoms with Crippen LogP contribution in [-0.4, -0.2) is 19.3 Å². The number of rotatable bonds is 3. The molecule has 4 rings (SSSR count). The molecule has 0 atom stereocenters. The lowest BCUT2D eigenvalue weighted by atomic mass is 10.2. The van der Waals surface area contributed by atoms with Crippen LogP contribution in [0.2, 0.25) is 0 Å². The number of aromatic amines is 1. The summed E-state index contributed by atoms with van der Waals surface area (Å²) in [5.41, 5.74) is 3.00. The van der Waals surface area contributed by atoms with Crippen molar-refractivity contribution in [1.82, 2.24) is 19.3 Å². The predicted molar refractivity (Wildman–Crippen MR) is 108 cm³/mol. The standard InChI is InChI=1S/C19H17FN4OS2/c1-10-8-15-17(27-10)21-19(26)24(18(15)25)16-11(2)22-23(12(16)3)9-13-4-6-14(20)7-5-13/h4-8H,9H2,1-3H3,(H,21,26). The van der Waals surface area contributed by atoms with Crippen LogP contribution in [0, 0.1) is 31.4 Å². The second kappa shape index (κ2) is 6.54. The van der Waals surface area contributed by atoms with Crippen LogP contribution in [0.4, 0.5) is 4.39 Å². The molecule has 0 spiro atoms. The Balaban J connectivity index is 1.87. The number of hydrogen-bond acceptors (Lipinski definition) is 4. The van der Waals surface area contributed by atoms with Crippen LogP contribution < -0.4 is 5.56 Å². The van der Waals surface area contributed by atoms with Crippen LogP contribution in [-0.2, 0) is 6.54 Å². The highest BCUT2D eigenvalue weighted by Crippen LogP contribution is 2.23. The molecule has 1 N–H and O–H groups in total. The van der Waals surface area contributed by atoms with E-state index in [2.05, 4.69) is 10.1 Å². The van der Waals surface area contributed by atoms with Crippen molar-refractivity contribution in [3.05, 3.63) is 73.1 Å². The van der Waals surface area contributed by atoms with E-state index in [0.717, 1.165) is 21.0 Å². The van der Waals surface area contributed by atoms with Crippen molar-refractivity contribution in [3.8, 4) is 5.69 Å². The van der Waals surface area contributed by atoms with E-state index in [1.807, 2.05) is 31.5 Å². The number of benzene rings is 1. The third-order valence-electron chi connectivity index (χ3n) is 4.52. The van der Waals surface area contributed by atoms with Crippen LogP contribution in [0.5, 0.6) is 0 Å². The van der Waals surface area contributed by atoms with Gasteiger partial charge in [-0.3, -0.25) is 9.48 Å². The van der Waals surface area contributed by atoms with Gasteiger partial charge in [0.15, 0.2) is 4.77 Å². The van der Waals surface area contributed by atoms with E-state index >= 15 is 0 Å². The molecule has 3 heterocycles. The Morgan fingerprint density at radius 1 is 1.22 bits per heavy atom.